The van der Waals surface area contributed by atoms with Crippen molar-refractivity contribution in [3.8, 4) is 17.2 Å². The van der Waals surface area contributed by atoms with Gasteiger partial charge in [-0.25, -0.2) is 0 Å². The van der Waals surface area contributed by atoms with E-state index in [9.17, 15) is 13.6 Å². The highest BCUT2D eigenvalue weighted by molar-refractivity contribution is 5.95. The second kappa shape index (κ2) is 8.51. The lowest BCUT2D eigenvalue weighted by Crippen LogP contribution is -2.27. The lowest BCUT2D eigenvalue weighted by molar-refractivity contribution is -0.0512. The second-order valence-electron chi connectivity index (χ2n) is 5.68. The first-order valence-electron chi connectivity index (χ1n) is 7.94. The van der Waals surface area contributed by atoms with Crippen LogP contribution < -0.4 is 19.5 Å². The molecule has 1 unspecified atom stereocenters. The molecule has 0 aromatic heterocycles. The molecule has 1 atom stereocenters. The number of alkyl halides is 2. The molecular weight excluding hydrogens is 344 g/mol. The third-order valence-electron chi connectivity index (χ3n) is 3.84. The fourth-order valence-electron chi connectivity index (χ4n) is 2.55. The summed E-state index contributed by atoms with van der Waals surface area (Å²) in [6.07, 6.45) is 0. The molecule has 0 radical (unpaired) electrons. The summed E-state index contributed by atoms with van der Waals surface area (Å²) in [5, 5.41) is 2.86. The number of ether oxygens (including phenoxy) is 3. The summed E-state index contributed by atoms with van der Waals surface area (Å²) in [7, 11) is 2.88. The lowest BCUT2D eigenvalue weighted by Gasteiger charge is -2.18. The number of methoxy groups -OCH3 is 2. The SMILES string of the molecule is COc1cc(C(=O)NC(C)c2cc(C)ccc2OC)ccc1OC(F)F. The Morgan fingerprint density at radius 1 is 1.00 bits per heavy atom. The van der Waals surface area contributed by atoms with E-state index in [-0.39, 0.29) is 29.0 Å². The molecule has 140 valence electrons. The molecule has 1 amide bonds. The van der Waals surface area contributed by atoms with Crippen molar-refractivity contribution in [1.82, 2.24) is 5.32 Å². The molecule has 2 rings (SSSR count). The van der Waals surface area contributed by atoms with Gasteiger partial charge in [-0.1, -0.05) is 17.7 Å². The summed E-state index contributed by atoms with van der Waals surface area (Å²) in [6.45, 7) is 0.808. The normalized spacial score (nSPS) is 11.8. The Bertz CT molecular complexity index is 780. The van der Waals surface area contributed by atoms with Gasteiger partial charge in [0, 0.05) is 11.1 Å². The van der Waals surface area contributed by atoms with Crippen LogP contribution in [-0.2, 0) is 0 Å². The first-order valence-corrected chi connectivity index (χ1v) is 7.94. The van der Waals surface area contributed by atoms with Gasteiger partial charge < -0.3 is 19.5 Å². The van der Waals surface area contributed by atoms with E-state index in [0.29, 0.717) is 5.75 Å². The fraction of sp³-hybridized carbons (Fsp3) is 0.316. The summed E-state index contributed by atoms with van der Waals surface area (Å²) in [4.78, 5) is 12.5. The fourth-order valence-corrected chi connectivity index (χ4v) is 2.55. The van der Waals surface area contributed by atoms with Crippen molar-refractivity contribution in [3.05, 3.63) is 53.1 Å². The van der Waals surface area contributed by atoms with Crippen LogP contribution in [0.2, 0.25) is 0 Å². The zero-order valence-electron chi connectivity index (χ0n) is 15.0. The molecule has 0 aliphatic heterocycles. The zero-order chi connectivity index (χ0) is 19.3. The highest BCUT2D eigenvalue weighted by Crippen LogP contribution is 2.30. The number of aryl methyl sites for hydroxylation is 1. The van der Waals surface area contributed by atoms with Crippen LogP contribution in [0.25, 0.3) is 0 Å². The predicted molar refractivity (Wildman–Crippen MR) is 93.2 cm³/mol. The maximum atomic E-state index is 12.5. The minimum atomic E-state index is -2.97. The molecule has 0 saturated heterocycles. The summed E-state index contributed by atoms with van der Waals surface area (Å²) < 4.78 is 39.5. The van der Waals surface area contributed by atoms with E-state index in [1.807, 2.05) is 32.0 Å². The molecule has 0 aliphatic rings. The minimum absolute atomic E-state index is 0.0544. The van der Waals surface area contributed by atoms with Crippen LogP contribution in [0, 0.1) is 6.92 Å². The molecule has 7 heteroatoms. The number of hydrogen-bond donors (Lipinski definition) is 1. The standard InChI is InChI=1S/C19H21F2NO4/c1-11-5-7-15(24-3)14(9-11)12(2)22-18(23)13-6-8-16(26-19(20)21)17(10-13)25-4/h5-10,12,19H,1-4H3,(H,22,23). The maximum absolute atomic E-state index is 12.5. The van der Waals surface area contributed by atoms with Crippen LogP contribution in [-0.4, -0.2) is 26.7 Å². The largest absolute Gasteiger partial charge is 0.496 e. The van der Waals surface area contributed by atoms with E-state index in [4.69, 9.17) is 9.47 Å². The first-order chi connectivity index (χ1) is 12.3. The zero-order valence-corrected chi connectivity index (χ0v) is 15.0. The number of amides is 1. The third kappa shape index (κ3) is 4.62. The number of halogens is 2. The van der Waals surface area contributed by atoms with Gasteiger partial charge in [0.25, 0.3) is 5.91 Å². The quantitative estimate of drug-likeness (QED) is 0.802. The predicted octanol–water partition coefficient (Wildman–Crippen LogP) is 4.10. The van der Waals surface area contributed by atoms with Crippen LogP contribution in [0.15, 0.2) is 36.4 Å². The van der Waals surface area contributed by atoms with E-state index in [2.05, 4.69) is 10.1 Å². The Kier molecular flexibility index (Phi) is 6.38. The smallest absolute Gasteiger partial charge is 0.387 e. The van der Waals surface area contributed by atoms with E-state index in [1.54, 1.807) is 7.11 Å². The van der Waals surface area contributed by atoms with Gasteiger partial charge in [-0.15, -0.1) is 0 Å². The highest BCUT2D eigenvalue weighted by Gasteiger charge is 2.18. The summed E-state index contributed by atoms with van der Waals surface area (Å²) in [6, 6.07) is 9.40. The molecule has 0 aliphatic carbocycles. The van der Waals surface area contributed by atoms with E-state index < -0.39 is 6.61 Å². The van der Waals surface area contributed by atoms with E-state index >= 15 is 0 Å². The average molecular weight is 365 g/mol. The third-order valence-corrected chi connectivity index (χ3v) is 3.84. The van der Waals surface area contributed by atoms with Crippen LogP contribution in [0.4, 0.5) is 8.78 Å². The topological polar surface area (TPSA) is 56.8 Å². The second-order valence-corrected chi connectivity index (χ2v) is 5.68. The number of carbonyl (C=O) groups excluding carboxylic acids is 1. The van der Waals surface area contributed by atoms with Gasteiger partial charge in [-0.3, -0.25) is 4.79 Å². The number of carbonyl (C=O) groups is 1. The van der Waals surface area contributed by atoms with Crippen LogP contribution in [0.1, 0.15) is 34.5 Å². The Morgan fingerprint density at radius 3 is 2.27 bits per heavy atom. The Balaban J connectivity index is 2.20. The van der Waals surface area contributed by atoms with Crippen molar-refractivity contribution in [2.75, 3.05) is 14.2 Å². The molecule has 0 fully saturated rings. The molecule has 2 aromatic carbocycles. The molecule has 0 saturated carbocycles. The number of hydrogen-bond acceptors (Lipinski definition) is 4. The van der Waals surface area contributed by atoms with Gasteiger partial charge in [0.05, 0.1) is 20.3 Å². The van der Waals surface area contributed by atoms with Crippen LogP contribution >= 0.6 is 0 Å². The van der Waals surface area contributed by atoms with E-state index in [0.717, 1.165) is 11.1 Å². The van der Waals surface area contributed by atoms with Crippen molar-refractivity contribution in [3.63, 3.8) is 0 Å². The van der Waals surface area contributed by atoms with Crippen LogP contribution in [0.5, 0.6) is 17.2 Å². The molecule has 2 aromatic rings. The number of benzene rings is 2. The Labute approximate surface area is 150 Å². The van der Waals surface area contributed by atoms with Crippen molar-refractivity contribution < 1.29 is 27.8 Å². The van der Waals surface area contributed by atoms with E-state index in [1.165, 1.54) is 25.3 Å². The van der Waals surface area contributed by atoms with Crippen molar-refractivity contribution in [2.24, 2.45) is 0 Å². The average Bonchev–Trinajstić information content (AvgIpc) is 2.61. The van der Waals surface area contributed by atoms with Gasteiger partial charge >= 0.3 is 6.61 Å². The van der Waals surface area contributed by atoms with Crippen LogP contribution in [0.3, 0.4) is 0 Å². The number of nitrogens with one attached hydrogen (secondary N) is 1. The van der Waals surface area contributed by atoms with Crippen molar-refractivity contribution in [1.29, 1.82) is 0 Å². The minimum Gasteiger partial charge on any atom is -0.496 e. The highest BCUT2D eigenvalue weighted by atomic mass is 19.3. The number of rotatable bonds is 7. The van der Waals surface area contributed by atoms with Gasteiger partial charge in [-0.2, -0.15) is 8.78 Å². The molecule has 26 heavy (non-hydrogen) atoms. The molecule has 0 bridgehead atoms. The summed E-state index contributed by atoms with van der Waals surface area (Å²) in [5.74, 6) is 0.218. The molecule has 1 N–H and O–H groups in total. The molecule has 0 heterocycles. The van der Waals surface area contributed by atoms with Gasteiger partial charge in [0.2, 0.25) is 0 Å². The van der Waals surface area contributed by atoms with Gasteiger partial charge in [0.15, 0.2) is 11.5 Å². The molecule has 5 nitrogen and oxygen atoms in total. The van der Waals surface area contributed by atoms with Crippen molar-refractivity contribution in [2.45, 2.75) is 26.5 Å². The monoisotopic (exact) mass is 365 g/mol. The summed E-state index contributed by atoms with van der Waals surface area (Å²) in [5.41, 5.74) is 2.14. The summed E-state index contributed by atoms with van der Waals surface area (Å²) >= 11 is 0. The van der Waals surface area contributed by atoms with Gasteiger partial charge in [-0.05, 0) is 38.1 Å². The Morgan fingerprint density at radius 2 is 1.65 bits per heavy atom. The van der Waals surface area contributed by atoms with Gasteiger partial charge in [0.1, 0.15) is 5.75 Å². The molecular formula is C19H21F2NO4. The molecule has 0 spiro atoms. The maximum Gasteiger partial charge on any atom is 0.387 e. The Hall–Kier alpha value is -2.83. The first kappa shape index (κ1) is 19.5. The lowest BCUT2D eigenvalue weighted by atomic mass is 10.0. The van der Waals surface area contributed by atoms with Crippen molar-refractivity contribution >= 4 is 5.91 Å².